The van der Waals surface area contributed by atoms with E-state index in [2.05, 4.69) is 31.3 Å². The van der Waals surface area contributed by atoms with Gasteiger partial charge in [-0.3, -0.25) is 4.79 Å². The van der Waals surface area contributed by atoms with Crippen molar-refractivity contribution in [1.29, 1.82) is 0 Å². The summed E-state index contributed by atoms with van der Waals surface area (Å²) in [7, 11) is 1.63. The van der Waals surface area contributed by atoms with Gasteiger partial charge in [-0.05, 0) is 55.0 Å². The molecule has 1 aromatic heterocycles. The number of amides is 1. The normalized spacial score (nSPS) is 10.8. The number of carbonyl (C=O) groups excluding carboxylic acids is 1. The van der Waals surface area contributed by atoms with Crippen LogP contribution in [0.3, 0.4) is 0 Å². The van der Waals surface area contributed by atoms with E-state index in [1.54, 1.807) is 23.9 Å². The molecule has 0 saturated heterocycles. The van der Waals surface area contributed by atoms with Crippen LogP contribution in [-0.2, 0) is 4.74 Å². The molecule has 0 fully saturated rings. The van der Waals surface area contributed by atoms with Crippen LogP contribution >= 0.6 is 27.5 Å². The third-order valence-electron chi connectivity index (χ3n) is 3.79. The van der Waals surface area contributed by atoms with Gasteiger partial charge < -0.3 is 10.1 Å². The second kappa shape index (κ2) is 9.12. The van der Waals surface area contributed by atoms with E-state index < -0.39 is 0 Å². The van der Waals surface area contributed by atoms with Gasteiger partial charge in [0, 0.05) is 35.3 Å². The van der Waals surface area contributed by atoms with E-state index in [1.807, 2.05) is 36.4 Å². The number of hydrogen-bond acceptors (Lipinski definition) is 4. The summed E-state index contributed by atoms with van der Waals surface area (Å²) in [6, 6.07) is 14.9. The Hall–Kier alpha value is -2.22. The molecular formula is C19H18BrClN4O2. The fraction of sp³-hybridized carbons (Fsp3) is 0.211. The minimum atomic E-state index is -0.322. The standard InChI is InChI=1S/C19H18BrClN4O2/c1-27-12-2-11-22-19(26)17-23-18(13-3-7-15(21)8-4-13)25(24-17)16-9-5-14(20)6-10-16/h3-10H,2,11-12H2,1H3,(H,22,26). The lowest BCUT2D eigenvalue weighted by Gasteiger charge is -2.06. The van der Waals surface area contributed by atoms with Gasteiger partial charge in [0.25, 0.3) is 5.91 Å². The number of halogens is 2. The van der Waals surface area contributed by atoms with E-state index >= 15 is 0 Å². The molecule has 0 aliphatic rings. The fourth-order valence-electron chi connectivity index (χ4n) is 2.45. The van der Waals surface area contributed by atoms with Gasteiger partial charge in [0.2, 0.25) is 5.82 Å². The molecule has 0 spiro atoms. The van der Waals surface area contributed by atoms with E-state index in [4.69, 9.17) is 16.3 Å². The van der Waals surface area contributed by atoms with Crippen LogP contribution in [0, 0.1) is 0 Å². The van der Waals surface area contributed by atoms with Crippen molar-refractivity contribution < 1.29 is 9.53 Å². The highest BCUT2D eigenvalue weighted by Gasteiger charge is 2.18. The number of hydrogen-bond donors (Lipinski definition) is 1. The minimum Gasteiger partial charge on any atom is -0.385 e. The Morgan fingerprint density at radius 3 is 2.56 bits per heavy atom. The van der Waals surface area contributed by atoms with Crippen molar-refractivity contribution >= 4 is 33.4 Å². The quantitative estimate of drug-likeness (QED) is 0.551. The lowest BCUT2D eigenvalue weighted by molar-refractivity contribution is 0.0938. The highest BCUT2D eigenvalue weighted by Crippen LogP contribution is 2.24. The van der Waals surface area contributed by atoms with Crippen LogP contribution in [0.5, 0.6) is 0 Å². The second-order valence-corrected chi connectivity index (χ2v) is 7.11. The Balaban J connectivity index is 1.94. The molecule has 0 atom stereocenters. The van der Waals surface area contributed by atoms with Crippen LogP contribution in [0.2, 0.25) is 5.02 Å². The molecule has 0 unspecified atom stereocenters. The summed E-state index contributed by atoms with van der Waals surface area (Å²) in [5.74, 6) is 0.355. The van der Waals surface area contributed by atoms with E-state index in [9.17, 15) is 4.79 Å². The van der Waals surface area contributed by atoms with Crippen molar-refractivity contribution in [1.82, 2.24) is 20.1 Å². The molecule has 1 heterocycles. The van der Waals surface area contributed by atoms with E-state index in [1.165, 1.54) is 0 Å². The van der Waals surface area contributed by atoms with Crippen LogP contribution in [-0.4, -0.2) is 40.9 Å². The topological polar surface area (TPSA) is 69.0 Å². The highest BCUT2D eigenvalue weighted by atomic mass is 79.9. The molecule has 1 N–H and O–H groups in total. The van der Waals surface area contributed by atoms with Crippen molar-refractivity contribution in [3.63, 3.8) is 0 Å². The van der Waals surface area contributed by atoms with Crippen molar-refractivity contribution in [2.75, 3.05) is 20.3 Å². The fourth-order valence-corrected chi connectivity index (χ4v) is 2.84. The van der Waals surface area contributed by atoms with Gasteiger partial charge in [-0.1, -0.05) is 27.5 Å². The molecule has 0 saturated carbocycles. The molecule has 27 heavy (non-hydrogen) atoms. The molecule has 0 radical (unpaired) electrons. The first-order chi connectivity index (χ1) is 13.1. The third kappa shape index (κ3) is 4.94. The van der Waals surface area contributed by atoms with Gasteiger partial charge in [0.15, 0.2) is 5.82 Å². The van der Waals surface area contributed by atoms with Gasteiger partial charge in [-0.25, -0.2) is 9.67 Å². The predicted molar refractivity (Wildman–Crippen MR) is 108 cm³/mol. The van der Waals surface area contributed by atoms with Crippen LogP contribution in [0.25, 0.3) is 17.1 Å². The van der Waals surface area contributed by atoms with Gasteiger partial charge in [-0.15, -0.1) is 5.10 Å². The smallest absolute Gasteiger partial charge is 0.290 e. The molecule has 140 valence electrons. The first-order valence-corrected chi connectivity index (χ1v) is 9.51. The Morgan fingerprint density at radius 2 is 1.89 bits per heavy atom. The van der Waals surface area contributed by atoms with Crippen molar-refractivity contribution in [2.45, 2.75) is 6.42 Å². The molecule has 0 aliphatic heterocycles. The molecule has 6 nitrogen and oxygen atoms in total. The van der Waals surface area contributed by atoms with Crippen molar-refractivity contribution in [3.8, 4) is 17.1 Å². The monoisotopic (exact) mass is 448 g/mol. The first-order valence-electron chi connectivity index (χ1n) is 8.34. The summed E-state index contributed by atoms with van der Waals surface area (Å²) in [4.78, 5) is 16.9. The van der Waals surface area contributed by atoms with Crippen LogP contribution < -0.4 is 5.32 Å². The average Bonchev–Trinajstić information content (AvgIpc) is 3.12. The van der Waals surface area contributed by atoms with Gasteiger partial charge in [0.1, 0.15) is 0 Å². The summed E-state index contributed by atoms with van der Waals surface area (Å²) in [6.45, 7) is 1.08. The zero-order valence-electron chi connectivity index (χ0n) is 14.7. The van der Waals surface area contributed by atoms with Crippen molar-refractivity contribution in [3.05, 3.63) is 63.9 Å². The molecule has 3 aromatic rings. The maximum absolute atomic E-state index is 12.4. The molecular weight excluding hydrogens is 432 g/mol. The third-order valence-corrected chi connectivity index (χ3v) is 4.58. The molecule has 2 aromatic carbocycles. The van der Waals surface area contributed by atoms with Crippen LogP contribution in [0.1, 0.15) is 17.0 Å². The number of nitrogens with zero attached hydrogens (tertiary/aromatic N) is 3. The molecule has 8 heteroatoms. The Labute approximate surface area is 170 Å². The zero-order valence-corrected chi connectivity index (χ0v) is 17.0. The number of ether oxygens (including phenoxy) is 1. The highest BCUT2D eigenvalue weighted by molar-refractivity contribution is 9.10. The zero-order chi connectivity index (χ0) is 19.2. The molecule has 0 aliphatic carbocycles. The lowest BCUT2D eigenvalue weighted by atomic mass is 10.2. The number of aromatic nitrogens is 3. The minimum absolute atomic E-state index is 0.111. The summed E-state index contributed by atoms with van der Waals surface area (Å²) < 4.78 is 7.59. The molecule has 3 rings (SSSR count). The number of methoxy groups -OCH3 is 1. The van der Waals surface area contributed by atoms with Crippen LogP contribution in [0.4, 0.5) is 0 Å². The predicted octanol–water partition coefficient (Wildman–Crippen LogP) is 4.12. The van der Waals surface area contributed by atoms with Gasteiger partial charge in [0.05, 0.1) is 5.69 Å². The van der Waals surface area contributed by atoms with E-state index in [0.717, 1.165) is 22.1 Å². The number of carbonyl (C=O) groups is 1. The molecule has 0 bridgehead atoms. The Morgan fingerprint density at radius 1 is 1.19 bits per heavy atom. The SMILES string of the molecule is COCCCNC(=O)c1nc(-c2ccc(Cl)cc2)n(-c2ccc(Br)cc2)n1. The van der Waals surface area contributed by atoms with E-state index in [-0.39, 0.29) is 11.7 Å². The second-order valence-electron chi connectivity index (χ2n) is 5.76. The lowest BCUT2D eigenvalue weighted by Crippen LogP contribution is -2.26. The summed E-state index contributed by atoms with van der Waals surface area (Å²) in [6.07, 6.45) is 0.722. The van der Waals surface area contributed by atoms with Crippen molar-refractivity contribution in [2.24, 2.45) is 0 Å². The Kier molecular flexibility index (Phi) is 6.60. The summed E-state index contributed by atoms with van der Waals surface area (Å²) >= 11 is 9.41. The summed E-state index contributed by atoms with van der Waals surface area (Å²) in [5, 5.41) is 7.86. The number of nitrogens with one attached hydrogen (secondary N) is 1. The number of benzene rings is 2. The maximum atomic E-state index is 12.4. The summed E-state index contributed by atoms with van der Waals surface area (Å²) in [5.41, 5.74) is 1.61. The van der Waals surface area contributed by atoms with Gasteiger partial charge >= 0.3 is 0 Å². The average molecular weight is 450 g/mol. The molecule has 1 amide bonds. The first kappa shape index (κ1) is 19.5. The number of rotatable bonds is 7. The van der Waals surface area contributed by atoms with Gasteiger partial charge in [-0.2, -0.15) is 0 Å². The Bertz CT molecular complexity index is 847. The van der Waals surface area contributed by atoms with E-state index in [0.29, 0.717) is 24.0 Å². The van der Waals surface area contributed by atoms with Crippen LogP contribution in [0.15, 0.2) is 53.0 Å². The maximum Gasteiger partial charge on any atom is 0.290 e. The largest absolute Gasteiger partial charge is 0.385 e.